The summed E-state index contributed by atoms with van der Waals surface area (Å²) in [7, 11) is 0. The van der Waals surface area contributed by atoms with Crippen molar-refractivity contribution in [1.29, 1.82) is 0 Å². The van der Waals surface area contributed by atoms with Crippen molar-refractivity contribution in [1.82, 2.24) is 4.98 Å². The van der Waals surface area contributed by atoms with E-state index in [2.05, 4.69) is 9.98 Å². The Morgan fingerprint density at radius 2 is 2.09 bits per heavy atom. The van der Waals surface area contributed by atoms with Crippen LogP contribution >= 0.6 is 11.6 Å². The van der Waals surface area contributed by atoms with Gasteiger partial charge < -0.3 is 10.2 Å². The lowest BCUT2D eigenvalue weighted by Gasteiger charge is -2.05. The van der Waals surface area contributed by atoms with Crippen molar-refractivity contribution < 1.29 is 4.42 Å². The third-order valence-electron chi connectivity index (χ3n) is 3.48. The van der Waals surface area contributed by atoms with Gasteiger partial charge in [0.1, 0.15) is 11.4 Å². The number of rotatable bonds is 3. The first-order valence-corrected chi connectivity index (χ1v) is 7.48. The van der Waals surface area contributed by atoms with E-state index in [9.17, 15) is 0 Å². The second kappa shape index (κ2) is 5.81. The molecule has 0 aliphatic carbocycles. The lowest BCUT2D eigenvalue weighted by molar-refractivity contribution is 0.619. The van der Waals surface area contributed by atoms with E-state index in [1.165, 1.54) is 0 Å². The first kappa shape index (κ1) is 14.6. The molecule has 22 heavy (non-hydrogen) atoms. The van der Waals surface area contributed by atoms with Crippen LogP contribution in [0.4, 0.5) is 5.69 Å². The van der Waals surface area contributed by atoms with Gasteiger partial charge in [0.25, 0.3) is 0 Å². The Labute approximate surface area is 133 Å². The molecule has 1 heterocycles. The third kappa shape index (κ3) is 2.70. The second-order valence-electron chi connectivity index (χ2n) is 5.18. The molecule has 4 nitrogen and oxygen atoms in total. The molecule has 0 fully saturated rings. The molecule has 0 aliphatic heterocycles. The SMILES string of the molecule is Cc1ccc2oc(-c3cccc(N=C(N)CCl)c3C)nc2c1. The maximum Gasteiger partial charge on any atom is 0.227 e. The molecule has 0 amide bonds. The largest absolute Gasteiger partial charge is 0.436 e. The number of nitrogens with zero attached hydrogens (tertiary/aromatic N) is 2. The van der Waals surface area contributed by atoms with Crippen LogP contribution in [0.1, 0.15) is 11.1 Å². The quantitative estimate of drug-likeness (QED) is 0.444. The predicted octanol–water partition coefficient (Wildman–Crippen LogP) is 4.34. The molecule has 0 saturated carbocycles. The zero-order valence-corrected chi connectivity index (χ0v) is 13.2. The van der Waals surface area contributed by atoms with Gasteiger partial charge >= 0.3 is 0 Å². The normalized spacial score (nSPS) is 12.0. The smallest absolute Gasteiger partial charge is 0.227 e. The highest BCUT2D eigenvalue weighted by Gasteiger charge is 2.12. The van der Waals surface area contributed by atoms with E-state index in [-0.39, 0.29) is 5.88 Å². The van der Waals surface area contributed by atoms with Gasteiger partial charge in [-0.25, -0.2) is 9.98 Å². The first-order valence-electron chi connectivity index (χ1n) is 6.94. The summed E-state index contributed by atoms with van der Waals surface area (Å²) in [5, 5.41) is 0. The maximum absolute atomic E-state index is 5.86. The van der Waals surface area contributed by atoms with E-state index in [1.807, 2.05) is 50.2 Å². The van der Waals surface area contributed by atoms with Crippen molar-refractivity contribution in [3.8, 4) is 11.5 Å². The fourth-order valence-electron chi connectivity index (χ4n) is 2.31. The Bertz CT molecular complexity index is 867. The Morgan fingerprint density at radius 1 is 1.27 bits per heavy atom. The van der Waals surface area contributed by atoms with Crippen molar-refractivity contribution in [2.45, 2.75) is 13.8 Å². The zero-order chi connectivity index (χ0) is 15.7. The number of aliphatic imine (C=N–C) groups is 1. The lowest BCUT2D eigenvalue weighted by atomic mass is 10.1. The summed E-state index contributed by atoms with van der Waals surface area (Å²) in [6.07, 6.45) is 0. The van der Waals surface area contributed by atoms with E-state index in [0.717, 1.165) is 33.5 Å². The molecule has 0 saturated heterocycles. The fourth-order valence-corrected chi connectivity index (χ4v) is 2.37. The van der Waals surface area contributed by atoms with Crippen molar-refractivity contribution in [2.24, 2.45) is 10.7 Å². The summed E-state index contributed by atoms with van der Waals surface area (Å²) in [5.74, 6) is 1.17. The van der Waals surface area contributed by atoms with Crippen LogP contribution < -0.4 is 5.73 Å². The van der Waals surface area contributed by atoms with Gasteiger partial charge in [-0.1, -0.05) is 12.1 Å². The Morgan fingerprint density at radius 3 is 2.86 bits per heavy atom. The van der Waals surface area contributed by atoms with Crippen LogP contribution in [0.3, 0.4) is 0 Å². The number of benzene rings is 2. The Balaban J connectivity index is 2.12. The summed E-state index contributed by atoms with van der Waals surface area (Å²) in [5.41, 5.74) is 11.1. The van der Waals surface area contributed by atoms with Crippen molar-refractivity contribution >= 4 is 34.2 Å². The standard InChI is InChI=1S/C17H16ClN3O/c1-10-6-7-15-14(8-10)21-17(22-15)12-4-3-5-13(11(12)2)20-16(19)9-18/h3-8H,9H2,1-2H3,(H2,19,20). The highest BCUT2D eigenvalue weighted by atomic mass is 35.5. The molecule has 3 rings (SSSR count). The summed E-state index contributed by atoms with van der Waals surface area (Å²) in [4.78, 5) is 8.90. The third-order valence-corrected chi connectivity index (χ3v) is 3.75. The van der Waals surface area contributed by atoms with E-state index in [1.54, 1.807) is 0 Å². The second-order valence-corrected chi connectivity index (χ2v) is 5.44. The number of aryl methyl sites for hydroxylation is 1. The molecule has 0 radical (unpaired) electrons. The zero-order valence-electron chi connectivity index (χ0n) is 12.4. The van der Waals surface area contributed by atoms with E-state index in [0.29, 0.717) is 11.7 Å². The molecule has 1 aromatic heterocycles. The van der Waals surface area contributed by atoms with Crippen LogP contribution in [-0.4, -0.2) is 16.7 Å². The summed E-state index contributed by atoms with van der Waals surface area (Å²) in [6, 6.07) is 11.7. The van der Waals surface area contributed by atoms with Crippen LogP contribution in [0.15, 0.2) is 45.8 Å². The molecule has 0 unspecified atom stereocenters. The maximum atomic E-state index is 5.86. The van der Waals surface area contributed by atoms with Gasteiger partial charge in [0.2, 0.25) is 5.89 Å². The number of amidine groups is 1. The van der Waals surface area contributed by atoms with Crippen LogP contribution in [0.25, 0.3) is 22.6 Å². The molecule has 3 aromatic rings. The lowest BCUT2D eigenvalue weighted by Crippen LogP contribution is -2.12. The number of fused-ring (bicyclic) bond motifs is 1. The molecule has 0 spiro atoms. The molecule has 0 bridgehead atoms. The number of hydrogen-bond donors (Lipinski definition) is 1. The van der Waals surface area contributed by atoms with E-state index < -0.39 is 0 Å². The molecule has 2 aromatic carbocycles. The minimum absolute atomic E-state index is 0.200. The van der Waals surface area contributed by atoms with Crippen LogP contribution in [0.5, 0.6) is 0 Å². The Hall–Kier alpha value is -2.33. The average molecular weight is 314 g/mol. The highest BCUT2D eigenvalue weighted by Crippen LogP contribution is 2.31. The fraction of sp³-hybridized carbons (Fsp3) is 0.176. The number of aromatic nitrogens is 1. The van der Waals surface area contributed by atoms with Crippen molar-refractivity contribution in [3.05, 3.63) is 47.5 Å². The Kier molecular flexibility index (Phi) is 3.86. The van der Waals surface area contributed by atoms with Gasteiger partial charge in [-0.15, -0.1) is 11.6 Å². The van der Waals surface area contributed by atoms with Gasteiger partial charge in [0, 0.05) is 5.56 Å². The summed E-state index contributed by atoms with van der Waals surface area (Å²) in [6.45, 7) is 4.00. The molecule has 0 atom stereocenters. The number of nitrogens with two attached hydrogens (primary N) is 1. The van der Waals surface area contributed by atoms with Gasteiger partial charge in [-0.2, -0.15) is 0 Å². The number of hydrogen-bond acceptors (Lipinski definition) is 3. The van der Waals surface area contributed by atoms with E-state index >= 15 is 0 Å². The number of oxazole rings is 1. The molecular formula is C17H16ClN3O. The predicted molar refractivity (Wildman–Crippen MR) is 90.9 cm³/mol. The molecular weight excluding hydrogens is 298 g/mol. The minimum atomic E-state index is 0.200. The summed E-state index contributed by atoms with van der Waals surface area (Å²) >= 11 is 5.69. The van der Waals surface area contributed by atoms with Crippen molar-refractivity contribution in [2.75, 3.05) is 5.88 Å². The van der Waals surface area contributed by atoms with Gasteiger partial charge in [-0.05, 0) is 49.2 Å². The topological polar surface area (TPSA) is 64.4 Å². The van der Waals surface area contributed by atoms with Crippen molar-refractivity contribution in [3.63, 3.8) is 0 Å². The minimum Gasteiger partial charge on any atom is -0.436 e. The molecule has 2 N–H and O–H groups in total. The van der Waals surface area contributed by atoms with Gasteiger partial charge in [0.15, 0.2) is 5.58 Å². The molecule has 0 aliphatic rings. The molecule has 112 valence electrons. The van der Waals surface area contributed by atoms with E-state index in [4.69, 9.17) is 21.8 Å². The number of halogens is 1. The highest BCUT2D eigenvalue weighted by molar-refractivity contribution is 6.28. The average Bonchev–Trinajstić information content (AvgIpc) is 2.91. The van der Waals surface area contributed by atoms with Crippen LogP contribution in [-0.2, 0) is 0 Å². The first-order chi connectivity index (χ1) is 10.6. The van der Waals surface area contributed by atoms with Gasteiger partial charge in [0.05, 0.1) is 11.6 Å². The van der Waals surface area contributed by atoms with Crippen LogP contribution in [0, 0.1) is 13.8 Å². The van der Waals surface area contributed by atoms with Crippen LogP contribution in [0.2, 0.25) is 0 Å². The number of alkyl halides is 1. The monoisotopic (exact) mass is 313 g/mol. The summed E-state index contributed by atoms with van der Waals surface area (Å²) < 4.78 is 5.86. The molecule has 5 heteroatoms. The van der Waals surface area contributed by atoms with Gasteiger partial charge in [-0.3, -0.25) is 0 Å².